The second-order valence-electron chi connectivity index (χ2n) is 8.14. The van der Waals surface area contributed by atoms with Crippen LogP contribution in [0.3, 0.4) is 0 Å². The number of benzene rings is 1. The van der Waals surface area contributed by atoms with Crippen molar-refractivity contribution < 1.29 is 9.90 Å². The van der Waals surface area contributed by atoms with Crippen molar-refractivity contribution in [2.24, 2.45) is 5.92 Å². The smallest absolute Gasteiger partial charge is 0.267 e. The number of amides is 1. The van der Waals surface area contributed by atoms with E-state index in [0.717, 1.165) is 43.7 Å². The average Bonchev–Trinajstić information content (AvgIpc) is 3.25. The maximum Gasteiger partial charge on any atom is 0.267 e. The first-order chi connectivity index (χ1) is 15.9. The monoisotopic (exact) mass is 486 g/mol. The highest BCUT2D eigenvalue weighted by Gasteiger charge is 2.21. The number of aliphatic hydroxyl groups excluding tert-OH is 1. The maximum atomic E-state index is 12.7. The van der Waals surface area contributed by atoms with Gasteiger partial charge in [-0.05, 0) is 50.7 Å². The quantitative estimate of drug-likeness (QED) is 0.440. The molecule has 1 aliphatic rings. The fourth-order valence-electron chi connectivity index (χ4n) is 3.92. The van der Waals surface area contributed by atoms with Gasteiger partial charge in [-0.25, -0.2) is 15.0 Å². The minimum atomic E-state index is -0.262. The van der Waals surface area contributed by atoms with Crippen LogP contribution in [-0.2, 0) is 0 Å². The van der Waals surface area contributed by atoms with Gasteiger partial charge in [-0.2, -0.15) is 0 Å². The molecule has 10 heteroatoms. The minimum absolute atomic E-state index is 0.247. The first-order valence-corrected chi connectivity index (χ1v) is 12.1. The molecule has 33 heavy (non-hydrogen) atoms. The lowest BCUT2D eigenvalue weighted by Gasteiger charge is -2.32. The molecule has 1 saturated heterocycles. The fourth-order valence-corrected chi connectivity index (χ4v) is 4.91. The standard InChI is InChI=1S/C23H27ClN6O2S/c1-14-4-3-5-17(24)21(14)29-22(32)18-13-25-23(33-18)28-19-12-20(27-15(2)26-19)30-9-6-16(7-10-30)8-11-31/h3-5,12-13,16,31H,6-11H2,1-2H3,(H,29,32)(H,25,26,27,28). The van der Waals surface area contributed by atoms with Crippen molar-refractivity contribution in [3.8, 4) is 0 Å². The Labute approximate surface area is 202 Å². The molecule has 3 heterocycles. The first-order valence-electron chi connectivity index (χ1n) is 10.9. The van der Waals surface area contributed by atoms with E-state index in [2.05, 4.69) is 30.5 Å². The zero-order valence-electron chi connectivity index (χ0n) is 18.6. The Bertz CT molecular complexity index is 1110. The van der Waals surface area contributed by atoms with Crippen molar-refractivity contribution in [3.63, 3.8) is 0 Å². The predicted molar refractivity (Wildman–Crippen MR) is 133 cm³/mol. The number of carbonyl (C=O) groups is 1. The van der Waals surface area contributed by atoms with Crippen molar-refractivity contribution in [2.75, 3.05) is 35.2 Å². The topological polar surface area (TPSA) is 103 Å². The summed E-state index contributed by atoms with van der Waals surface area (Å²) in [6.45, 7) is 5.81. The lowest BCUT2D eigenvalue weighted by Crippen LogP contribution is -2.34. The molecule has 3 aromatic rings. The van der Waals surface area contributed by atoms with Crippen LogP contribution in [0.1, 0.15) is 40.3 Å². The van der Waals surface area contributed by atoms with E-state index in [4.69, 9.17) is 11.6 Å². The summed E-state index contributed by atoms with van der Waals surface area (Å²) in [6, 6.07) is 7.39. The van der Waals surface area contributed by atoms with Gasteiger partial charge in [0.05, 0.1) is 16.9 Å². The zero-order chi connectivity index (χ0) is 23.4. The average molecular weight is 487 g/mol. The van der Waals surface area contributed by atoms with Crippen LogP contribution in [0.2, 0.25) is 5.02 Å². The molecule has 0 spiro atoms. The minimum Gasteiger partial charge on any atom is -0.396 e. The maximum absolute atomic E-state index is 12.7. The molecule has 2 aromatic heterocycles. The fraction of sp³-hybridized carbons (Fsp3) is 0.391. The largest absolute Gasteiger partial charge is 0.396 e. The van der Waals surface area contributed by atoms with Gasteiger partial charge in [-0.3, -0.25) is 4.79 Å². The Morgan fingerprint density at radius 3 is 2.79 bits per heavy atom. The number of piperidine rings is 1. The third-order valence-electron chi connectivity index (χ3n) is 5.73. The number of para-hydroxylation sites is 1. The Balaban J connectivity index is 1.43. The summed E-state index contributed by atoms with van der Waals surface area (Å²) < 4.78 is 0. The molecule has 1 aromatic carbocycles. The Hall–Kier alpha value is -2.75. The van der Waals surface area contributed by atoms with Gasteiger partial charge < -0.3 is 20.6 Å². The van der Waals surface area contributed by atoms with E-state index in [1.165, 1.54) is 17.5 Å². The van der Waals surface area contributed by atoms with E-state index in [1.807, 2.05) is 32.0 Å². The number of aromatic nitrogens is 3. The molecule has 4 rings (SSSR count). The normalized spacial score (nSPS) is 14.4. The van der Waals surface area contributed by atoms with Gasteiger partial charge in [-0.1, -0.05) is 35.1 Å². The van der Waals surface area contributed by atoms with E-state index in [0.29, 0.717) is 38.3 Å². The Morgan fingerprint density at radius 2 is 2.06 bits per heavy atom. The molecule has 1 fully saturated rings. The number of halogens is 1. The first kappa shape index (κ1) is 23.4. The highest BCUT2D eigenvalue weighted by atomic mass is 35.5. The number of hydrogen-bond donors (Lipinski definition) is 3. The third kappa shape index (κ3) is 5.79. The molecule has 3 N–H and O–H groups in total. The number of aryl methyl sites for hydroxylation is 2. The summed E-state index contributed by atoms with van der Waals surface area (Å²) >= 11 is 7.47. The van der Waals surface area contributed by atoms with Crippen molar-refractivity contribution in [1.82, 2.24) is 15.0 Å². The number of nitrogens with zero attached hydrogens (tertiary/aromatic N) is 4. The number of thiazole rings is 1. The molecule has 0 unspecified atom stereocenters. The van der Waals surface area contributed by atoms with Gasteiger partial charge in [0, 0.05) is 25.8 Å². The van der Waals surface area contributed by atoms with Crippen LogP contribution < -0.4 is 15.5 Å². The Kier molecular flexibility index (Phi) is 7.42. The molecule has 0 saturated carbocycles. The van der Waals surface area contributed by atoms with E-state index in [9.17, 15) is 9.90 Å². The number of carbonyl (C=O) groups excluding carboxylic acids is 1. The van der Waals surface area contributed by atoms with E-state index in [-0.39, 0.29) is 12.5 Å². The van der Waals surface area contributed by atoms with E-state index < -0.39 is 0 Å². The molecule has 0 atom stereocenters. The zero-order valence-corrected chi connectivity index (χ0v) is 20.2. The molecule has 1 amide bonds. The number of anilines is 4. The molecule has 8 nitrogen and oxygen atoms in total. The molecule has 0 radical (unpaired) electrons. The molecular weight excluding hydrogens is 460 g/mol. The number of rotatable bonds is 7. The van der Waals surface area contributed by atoms with E-state index in [1.54, 1.807) is 6.07 Å². The molecular formula is C23H27ClN6O2S. The SMILES string of the molecule is Cc1nc(Nc2ncc(C(=O)Nc3c(C)cccc3Cl)s2)cc(N2CCC(CCO)CC2)n1. The summed E-state index contributed by atoms with van der Waals surface area (Å²) in [6.07, 6.45) is 4.49. The molecule has 0 bridgehead atoms. The van der Waals surface area contributed by atoms with E-state index >= 15 is 0 Å². The van der Waals surface area contributed by atoms with Crippen LogP contribution in [0.15, 0.2) is 30.5 Å². The number of aliphatic hydroxyl groups is 1. The summed E-state index contributed by atoms with van der Waals surface area (Å²) in [4.78, 5) is 28.8. The second-order valence-corrected chi connectivity index (χ2v) is 9.58. The van der Waals surface area contributed by atoms with Crippen LogP contribution in [0.25, 0.3) is 0 Å². The van der Waals surface area contributed by atoms with Gasteiger partial charge in [-0.15, -0.1) is 0 Å². The van der Waals surface area contributed by atoms with Crippen LogP contribution >= 0.6 is 22.9 Å². The lowest BCUT2D eigenvalue weighted by atomic mass is 9.94. The van der Waals surface area contributed by atoms with Gasteiger partial charge in [0.25, 0.3) is 5.91 Å². The van der Waals surface area contributed by atoms with Gasteiger partial charge in [0.15, 0.2) is 5.13 Å². The number of hydrogen-bond acceptors (Lipinski definition) is 8. The van der Waals surface area contributed by atoms with Crippen LogP contribution in [0.4, 0.5) is 22.5 Å². The highest BCUT2D eigenvalue weighted by molar-refractivity contribution is 7.17. The second kappa shape index (κ2) is 10.5. The Morgan fingerprint density at radius 1 is 1.27 bits per heavy atom. The van der Waals surface area contributed by atoms with Crippen molar-refractivity contribution in [1.29, 1.82) is 0 Å². The number of nitrogens with one attached hydrogen (secondary N) is 2. The van der Waals surface area contributed by atoms with Crippen molar-refractivity contribution >= 4 is 51.3 Å². The van der Waals surface area contributed by atoms with Gasteiger partial charge >= 0.3 is 0 Å². The predicted octanol–water partition coefficient (Wildman–Crippen LogP) is 4.80. The summed E-state index contributed by atoms with van der Waals surface area (Å²) in [5, 5.41) is 16.3. The highest BCUT2D eigenvalue weighted by Crippen LogP contribution is 2.29. The summed E-state index contributed by atoms with van der Waals surface area (Å²) in [7, 11) is 0. The van der Waals surface area contributed by atoms with Crippen molar-refractivity contribution in [3.05, 3.63) is 51.7 Å². The lowest BCUT2D eigenvalue weighted by molar-refractivity contribution is 0.103. The van der Waals surface area contributed by atoms with Crippen LogP contribution in [0, 0.1) is 19.8 Å². The molecule has 174 valence electrons. The summed E-state index contributed by atoms with van der Waals surface area (Å²) in [5.74, 6) is 2.48. The molecule has 0 aliphatic carbocycles. The van der Waals surface area contributed by atoms with Crippen LogP contribution in [-0.4, -0.2) is 45.7 Å². The summed E-state index contributed by atoms with van der Waals surface area (Å²) in [5.41, 5.74) is 1.49. The third-order valence-corrected chi connectivity index (χ3v) is 6.95. The van der Waals surface area contributed by atoms with Crippen molar-refractivity contribution in [2.45, 2.75) is 33.1 Å². The molecule has 1 aliphatic heterocycles. The van der Waals surface area contributed by atoms with Gasteiger partial charge in [0.2, 0.25) is 0 Å². The van der Waals surface area contributed by atoms with Gasteiger partial charge in [0.1, 0.15) is 22.3 Å². The van der Waals surface area contributed by atoms with Crippen LogP contribution in [0.5, 0.6) is 0 Å².